The summed E-state index contributed by atoms with van der Waals surface area (Å²) >= 11 is 0. The largest absolute Gasteiger partial charge is 0.397 e. The van der Waals surface area contributed by atoms with Gasteiger partial charge in [0.05, 0.1) is 17.6 Å². The second-order valence-corrected chi connectivity index (χ2v) is 7.10. The van der Waals surface area contributed by atoms with Crippen LogP contribution in [-0.4, -0.2) is 19.9 Å². The molecule has 31 heavy (non-hydrogen) atoms. The van der Waals surface area contributed by atoms with E-state index in [9.17, 15) is 0 Å². The normalized spacial score (nSPS) is 10.7. The third-order valence-electron chi connectivity index (χ3n) is 4.90. The van der Waals surface area contributed by atoms with Gasteiger partial charge >= 0.3 is 0 Å². The lowest BCUT2D eigenvalue weighted by atomic mass is 10.1. The van der Waals surface area contributed by atoms with E-state index in [1.54, 1.807) is 6.20 Å². The van der Waals surface area contributed by atoms with Crippen LogP contribution < -0.4 is 5.73 Å². The number of hydrogen-bond donors (Lipinski definition) is 1. The van der Waals surface area contributed by atoms with Gasteiger partial charge in [-0.15, -0.1) is 0 Å². The molecule has 2 heterocycles. The number of hydrogen-bond acceptors (Lipinski definition) is 5. The summed E-state index contributed by atoms with van der Waals surface area (Å²) in [5.41, 5.74) is 11.0. The molecule has 0 fully saturated rings. The molecule has 0 saturated carbocycles. The first-order valence-electron chi connectivity index (χ1n) is 9.95. The highest BCUT2D eigenvalue weighted by Gasteiger charge is 2.12. The van der Waals surface area contributed by atoms with Crippen molar-refractivity contribution in [2.45, 2.75) is 0 Å². The summed E-state index contributed by atoms with van der Waals surface area (Å²) in [6, 6.07) is 31.7. The SMILES string of the molecule is Nc1ccc(-c2cccc(-c3nc(-c4ccccc4)nc(-c4ccccc4)n3)c2)nc1. The molecule has 0 unspecified atom stereocenters. The number of nitrogen functional groups attached to an aromatic ring is 1. The summed E-state index contributed by atoms with van der Waals surface area (Å²) in [5, 5.41) is 0. The van der Waals surface area contributed by atoms with Crippen molar-refractivity contribution in [3.63, 3.8) is 0 Å². The van der Waals surface area contributed by atoms with Crippen LogP contribution in [0.15, 0.2) is 103 Å². The Kier molecular flexibility index (Phi) is 4.91. The summed E-state index contributed by atoms with van der Waals surface area (Å²) in [7, 11) is 0. The average Bonchev–Trinajstić information content (AvgIpc) is 2.85. The monoisotopic (exact) mass is 401 g/mol. The van der Waals surface area contributed by atoms with Crippen molar-refractivity contribution >= 4 is 5.69 Å². The Labute approximate surface area is 180 Å². The van der Waals surface area contributed by atoms with Crippen LogP contribution in [0.5, 0.6) is 0 Å². The first kappa shape index (κ1) is 18.6. The molecule has 2 aromatic heterocycles. The van der Waals surface area contributed by atoms with Crippen molar-refractivity contribution in [1.29, 1.82) is 0 Å². The van der Waals surface area contributed by atoms with E-state index in [2.05, 4.69) is 4.98 Å². The summed E-state index contributed by atoms with van der Waals surface area (Å²) in [4.78, 5) is 18.7. The summed E-state index contributed by atoms with van der Waals surface area (Å²) in [5.74, 6) is 1.89. The minimum Gasteiger partial charge on any atom is -0.397 e. The molecule has 5 heteroatoms. The Hall–Kier alpha value is -4.38. The molecule has 0 bridgehead atoms. The Balaban J connectivity index is 1.65. The van der Waals surface area contributed by atoms with E-state index in [0.717, 1.165) is 27.9 Å². The van der Waals surface area contributed by atoms with Crippen molar-refractivity contribution in [3.8, 4) is 45.4 Å². The highest BCUT2D eigenvalue weighted by atomic mass is 15.0. The summed E-state index contributed by atoms with van der Waals surface area (Å²) in [6.07, 6.45) is 1.66. The van der Waals surface area contributed by atoms with E-state index in [0.29, 0.717) is 23.2 Å². The van der Waals surface area contributed by atoms with Gasteiger partial charge in [-0.3, -0.25) is 4.98 Å². The number of aromatic nitrogens is 4. The van der Waals surface area contributed by atoms with Gasteiger partial charge in [-0.1, -0.05) is 78.9 Å². The Morgan fingerprint density at radius 1 is 0.484 bits per heavy atom. The van der Waals surface area contributed by atoms with E-state index in [1.807, 2.05) is 97.1 Å². The predicted octanol–water partition coefficient (Wildman–Crippen LogP) is 5.52. The molecule has 0 atom stereocenters. The Morgan fingerprint density at radius 2 is 1.00 bits per heavy atom. The molecule has 0 saturated heterocycles. The van der Waals surface area contributed by atoms with Gasteiger partial charge in [-0.25, -0.2) is 15.0 Å². The fraction of sp³-hybridized carbons (Fsp3) is 0. The molecule has 0 amide bonds. The van der Waals surface area contributed by atoms with E-state index in [4.69, 9.17) is 20.7 Å². The zero-order valence-corrected chi connectivity index (χ0v) is 16.7. The van der Waals surface area contributed by atoms with Crippen LogP contribution >= 0.6 is 0 Å². The van der Waals surface area contributed by atoms with Crippen molar-refractivity contribution in [1.82, 2.24) is 19.9 Å². The van der Waals surface area contributed by atoms with Crippen LogP contribution in [0.3, 0.4) is 0 Å². The van der Waals surface area contributed by atoms with Crippen LogP contribution in [0, 0.1) is 0 Å². The van der Waals surface area contributed by atoms with Gasteiger partial charge in [-0.05, 0) is 18.2 Å². The maximum atomic E-state index is 5.78. The van der Waals surface area contributed by atoms with Crippen molar-refractivity contribution in [2.24, 2.45) is 0 Å². The molecule has 3 aromatic carbocycles. The molecule has 5 rings (SSSR count). The minimum atomic E-state index is 0.616. The molecule has 0 spiro atoms. The molecule has 0 aliphatic carbocycles. The first-order valence-corrected chi connectivity index (χ1v) is 9.95. The summed E-state index contributed by atoms with van der Waals surface area (Å²) < 4.78 is 0. The van der Waals surface area contributed by atoms with Gasteiger partial charge in [0, 0.05) is 22.3 Å². The molecule has 0 aliphatic rings. The molecule has 2 N–H and O–H groups in total. The van der Waals surface area contributed by atoms with Gasteiger partial charge in [0.25, 0.3) is 0 Å². The smallest absolute Gasteiger partial charge is 0.164 e. The Morgan fingerprint density at radius 3 is 1.55 bits per heavy atom. The number of benzene rings is 3. The van der Waals surface area contributed by atoms with Crippen LogP contribution in [0.2, 0.25) is 0 Å². The van der Waals surface area contributed by atoms with Gasteiger partial charge in [-0.2, -0.15) is 0 Å². The van der Waals surface area contributed by atoms with Crippen LogP contribution in [0.4, 0.5) is 5.69 Å². The molecule has 5 nitrogen and oxygen atoms in total. The van der Waals surface area contributed by atoms with E-state index in [-0.39, 0.29) is 0 Å². The lowest BCUT2D eigenvalue weighted by Crippen LogP contribution is -2.00. The van der Waals surface area contributed by atoms with Gasteiger partial charge in [0.1, 0.15) is 0 Å². The lowest BCUT2D eigenvalue weighted by molar-refractivity contribution is 1.07. The zero-order chi connectivity index (χ0) is 21.0. The number of rotatable bonds is 4. The number of pyridine rings is 1. The molecular formula is C26H19N5. The van der Waals surface area contributed by atoms with Gasteiger partial charge in [0.2, 0.25) is 0 Å². The van der Waals surface area contributed by atoms with E-state index < -0.39 is 0 Å². The second kappa shape index (κ2) is 8.16. The minimum absolute atomic E-state index is 0.616. The third kappa shape index (κ3) is 4.02. The highest BCUT2D eigenvalue weighted by molar-refractivity contribution is 5.71. The first-order chi connectivity index (χ1) is 15.3. The maximum Gasteiger partial charge on any atom is 0.164 e. The third-order valence-corrected chi connectivity index (χ3v) is 4.90. The molecule has 5 aromatic rings. The Bertz CT molecular complexity index is 1260. The topological polar surface area (TPSA) is 77.6 Å². The van der Waals surface area contributed by atoms with Crippen LogP contribution in [-0.2, 0) is 0 Å². The van der Waals surface area contributed by atoms with Crippen LogP contribution in [0.25, 0.3) is 45.4 Å². The summed E-state index contributed by atoms with van der Waals surface area (Å²) in [6.45, 7) is 0. The van der Waals surface area contributed by atoms with Crippen molar-refractivity contribution in [3.05, 3.63) is 103 Å². The average molecular weight is 401 g/mol. The fourth-order valence-electron chi connectivity index (χ4n) is 3.33. The zero-order valence-electron chi connectivity index (χ0n) is 16.7. The fourth-order valence-corrected chi connectivity index (χ4v) is 3.33. The number of nitrogens with two attached hydrogens (primary N) is 1. The van der Waals surface area contributed by atoms with Gasteiger partial charge < -0.3 is 5.73 Å². The van der Waals surface area contributed by atoms with E-state index in [1.165, 1.54) is 0 Å². The number of nitrogens with zero attached hydrogens (tertiary/aromatic N) is 4. The van der Waals surface area contributed by atoms with Crippen LogP contribution in [0.1, 0.15) is 0 Å². The van der Waals surface area contributed by atoms with E-state index >= 15 is 0 Å². The van der Waals surface area contributed by atoms with Crippen molar-refractivity contribution in [2.75, 3.05) is 5.73 Å². The molecule has 148 valence electrons. The predicted molar refractivity (Wildman–Crippen MR) is 124 cm³/mol. The molecular weight excluding hydrogens is 382 g/mol. The quantitative estimate of drug-likeness (QED) is 0.429. The maximum absolute atomic E-state index is 5.78. The van der Waals surface area contributed by atoms with Crippen molar-refractivity contribution < 1.29 is 0 Å². The molecule has 0 aliphatic heterocycles. The molecule has 0 radical (unpaired) electrons. The standard InChI is InChI=1S/C26H19N5/c27-22-14-15-23(28-17-22)20-12-7-13-21(16-20)26-30-24(18-8-3-1-4-9-18)29-25(31-26)19-10-5-2-6-11-19/h1-17H,27H2. The lowest BCUT2D eigenvalue weighted by Gasteiger charge is -2.09. The highest BCUT2D eigenvalue weighted by Crippen LogP contribution is 2.27. The second-order valence-electron chi connectivity index (χ2n) is 7.10. The number of anilines is 1. The van der Waals surface area contributed by atoms with Gasteiger partial charge in [0.15, 0.2) is 17.5 Å².